The molecule has 0 saturated carbocycles. The van der Waals surface area contributed by atoms with Crippen molar-refractivity contribution in [1.29, 1.82) is 0 Å². The molecule has 1 aromatic carbocycles. The number of carbonyl (C=O) groups is 1. The van der Waals surface area contributed by atoms with E-state index >= 15 is 0 Å². The van der Waals surface area contributed by atoms with E-state index in [9.17, 15) is 4.79 Å². The number of aryl methyl sites for hydroxylation is 2. The minimum Gasteiger partial charge on any atom is -0.477 e. The van der Waals surface area contributed by atoms with Crippen LogP contribution < -0.4 is 0 Å². The summed E-state index contributed by atoms with van der Waals surface area (Å²) < 4.78 is 1.04. The molecule has 0 bridgehead atoms. The number of nitrogens with zero attached hydrogens (tertiary/aromatic N) is 1. The molecule has 17 heavy (non-hydrogen) atoms. The Hall–Kier alpha value is -1.20. The zero-order valence-electron chi connectivity index (χ0n) is 9.32. The van der Waals surface area contributed by atoms with Crippen molar-refractivity contribution in [2.45, 2.75) is 13.8 Å². The van der Waals surface area contributed by atoms with Gasteiger partial charge in [0.1, 0.15) is 9.88 Å². The standard InChI is InChI=1S/C12H10BrNO2S/c1-6-5-8(3-4-9(6)13)11-14-7(2)10(17-11)12(15)16/h3-5H,1-2H3,(H,15,16). The largest absolute Gasteiger partial charge is 0.477 e. The second kappa shape index (κ2) is 4.58. The minimum atomic E-state index is -0.917. The molecule has 0 unspecified atom stereocenters. The van der Waals surface area contributed by atoms with E-state index in [1.54, 1.807) is 6.92 Å². The Bertz CT molecular complexity index is 592. The predicted octanol–water partition coefficient (Wildman–Crippen LogP) is 3.89. The summed E-state index contributed by atoms with van der Waals surface area (Å²) >= 11 is 4.64. The smallest absolute Gasteiger partial charge is 0.347 e. The third kappa shape index (κ3) is 2.40. The fourth-order valence-electron chi connectivity index (χ4n) is 1.50. The van der Waals surface area contributed by atoms with Gasteiger partial charge in [0, 0.05) is 10.0 Å². The highest BCUT2D eigenvalue weighted by Gasteiger charge is 2.15. The number of hydrogen-bond acceptors (Lipinski definition) is 3. The highest BCUT2D eigenvalue weighted by atomic mass is 79.9. The molecule has 0 aliphatic rings. The van der Waals surface area contributed by atoms with Gasteiger partial charge >= 0.3 is 5.97 Å². The molecule has 1 N–H and O–H groups in total. The molecular weight excluding hydrogens is 302 g/mol. The average molecular weight is 312 g/mol. The first-order chi connectivity index (χ1) is 7.99. The Morgan fingerprint density at radius 1 is 1.41 bits per heavy atom. The van der Waals surface area contributed by atoms with Crippen LogP contribution in [0.1, 0.15) is 20.9 Å². The van der Waals surface area contributed by atoms with Gasteiger partial charge in [0.15, 0.2) is 0 Å². The van der Waals surface area contributed by atoms with Crippen LogP contribution in [0.2, 0.25) is 0 Å². The predicted molar refractivity (Wildman–Crippen MR) is 71.7 cm³/mol. The number of thiazole rings is 1. The van der Waals surface area contributed by atoms with Gasteiger partial charge < -0.3 is 5.11 Å². The molecular formula is C12H10BrNO2S. The van der Waals surface area contributed by atoms with E-state index < -0.39 is 5.97 Å². The minimum absolute atomic E-state index is 0.306. The van der Waals surface area contributed by atoms with Gasteiger partial charge in [0.2, 0.25) is 0 Å². The van der Waals surface area contributed by atoms with Crippen molar-refractivity contribution in [2.75, 3.05) is 0 Å². The summed E-state index contributed by atoms with van der Waals surface area (Å²) in [5, 5.41) is 9.73. The zero-order chi connectivity index (χ0) is 12.6. The van der Waals surface area contributed by atoms with Crippen molar-refractivity contribution in [3.05, 3.63) is 38.8 Å². The summed E-state index contributed by atoms with van der Waals surface area (Å²) in [5.41, 5.74) is 2.62. The van der Waals surface area contributed by atoms with Crippen LogP contribution in [0.5, 0.6) is 0 Å². The van der Waals surface area contributed by atoms with Crippen LogP contribution in [0.25, 0.3) is 10.6 Å². The molecule has 88 valence electrons. The number of carboxylic acids is 1. The Morgan fingerprint density at radius 2 is 2.12 bits per heavy atom. The number of carboxylic acid groups (broad SMARTS) is 1. The van der Waals surface area contributed by atoms with Gasteiger partial charge in [-0.1, -0.05) is 22.0 Å². The van der Waals surface area contributed by atoms with E-state index in [-0.39, 0.29) is 0 Å². The zero-order valence-corrected chi connectivity index (χ0v) is 11.7. The van der Waals surface area contributed by atoms with Crippen molar-refractivity contribution in [1.82, 2.24) is 4.98 Å². The van der Waals surface area contributed by atoms with Gasteiger partial charge in [-0.2, -0.15) is 0 Å². The average Bonchev–Trinajstić information content (AvgIpc) is 2.64. The Balaban J connectivity index is 2.50. The van der Waals surface area contributed by atoms with Gasteiger partial charge in [0.05, 0.1) is 5.69 Å². The lowest BCUT2D eigenvalue weighted by atomic mass is 10.1. The first kappa shape index (κ1) is 12.3. The summed E-state index contributed by atoms with van der Waals surface area (Å²) in [6.07, 6.45) is 0. The van der Waals surface area contributed by atoms with Crippen LogP contribution in [0.15, 0.2) is 22.7 Å². The molecule has 5 heteroatoms. The van der Waals surface area contributed by atoms with Crippen molar-refractivity contribution in [2.24, 2.45) is 0 Å². The van der Waals surface area contributed by atoms with Gasteiger partial charge in [0.25, 0.3) is 0 Å². The normalized spacial score (nSPS) is 10.5. The Morgan fingerprint density at radius 3 is 2.65 bits per heavy atom. The SMILES string of the molecule is Cc1cc(-c2nc(C)c(C(=O)O)s2)ccc1Br. The lowest BCUT2D eigenvalue weighted by Gasteiger charge is -2.00. The van der Waals surface area contributed by atoms with E-state index in [2.05, 4.69) is 20.9 Å². The second-order valence-corrected chi connectivity index (χ2v) is 5.56. The second-order valence-electron chi connectivity index (χ2n) is 3.70. The number of hydrogen-bond donors (Lipinski definition) is 1. The third-order valence-corrected chi connectivity index (χ3v) is 4.48. The molecule has 1 aromatic heterocycles. The molecule has 0 spiro atoms. The summed E-state index contributed by atoms with van der Waals surface area (Å²) in [6, 6.07) is 5.87. The van der Waals surface area contributed by atoms with Crippen LogP contribution in [0.3, 0.4) is 0 Å². The van der Waals surface area contributed by atoms with Gasteiger partial charge in [-0.25, -0.2) is 9.78 Å². The van der Waals surface area contributed by atoms with E-state index in [4.69, 9.17) is 5.11 Å². The van der Waals surface area contributed by atoms with Gasteiger partial charge in [-0.15, -0.1) is 11.3 Å². The summed E-state index contributed by atoms with van der Waals surface area (Å²) in [4.78, 5) is 15.6. The third-order valence-electron chi connectivity index (χ3n) is 2.40. The summed E-state index contributed by atoms with van der Waals surface area (Å²) in [5.74, 6) is -0.917. The van der Waals surface area contributed by atoms with Crippen molar-refractivity contribution in [3.63, 3.8) is 0 Å². The van der Waals surface area contributed by atoms with E-state index in [0.29, 0.717) is 10.6 Å². The van der Waals surface area contributed by atoms with Crippen LogP contribution in [-0.4, -0.2) is 16.1 Å². The highest BCUT2D eigenvalue weighted by Crippen LogP contribution is 2.30. The quantitative estimate of drug-likeness (QED) is 0.915. The number of rotatable bonds is 2. The van der Waals surface area contributed by atoms with Gasteiger partial charge in [-0.3, -0.25) is 0 Å². The van der Waals surface area contributed by atoms with Crippen molar-refractivity contribution in [3.8, 4) is 10.6 Å². The fraction of sp³-hybridized carbons (Fsp3) is 0.167. The fourth-order valence-corrected chi connectivity index (χ4v) is 2.64. The van der Waals surface area contributed by atoms with Gasteiger partial charge in [-0.05, 0) is 31.5 Å². The molecule has 0 fully saturated rings. The monoisotopic (exact) mass is 311 g/mol. The molecule has 2 aromatic rings. The molecule has 0 radical (unpaired) electrons. The highest BCUT2D eigenvalue weighted by molar-refractivity contribution is 9.10. The number of aromatic nitrogens is 1. The molecule has 1 heterocycles. The Labute approximate surface area is 111 Å². The van der Waals surface area contributed by atoms with Crippen LogP contribution in [0, 0.1) is 13.8 Å². The van der Waals surface area contributed by atoms with Crippen LogP contribution >= 0.6 is 27.3 Å². The molecule has 3 nitrogen and oxygen atoms in total. The molecule has 0 amide bonds. The topological polar surface area (TPSA) is 50.2 Å². The van der Waals surface area contributed by atoms with E-state index in [1.165, 1.54) is 11.3 Å². The maximum Gasteiger partial charge on any atom is 0.347 e. The van der Waals surface area contributed by atoms with Crippen molar-refractivity contribution < 1.29 is 9.90 Å². The molecule has 0 aliphatic carbocycles. The lowest BCUT2D eigenvalue weighted by Crippen LogP contribution is -1.94. The molecule has 0 atom stereocenters. The number of benzene rings is 1. The van der Waals surface area contributed by atoms with Crippen LogP contribution in [0.4, 0.5) is 0 Å². The number of halogens is 1. The Kier molecular flexibility index (Phi) is 3.31. The summed E-state index contributed by atoms with van der Waals surface area (Å²) in [7, 11) is 0. The summed E-state index contributed by atoms with van der Waals surface area (Å²) in [6.45, 7) is 3.71. The van der Waals surface area contributed by atoms with Crippen LogP contribution in [-0.2, 0) is 0 Å². The maximum atomic E-state index is 11.0. The maximum absolute atomic E-state index is 11.0. The first-order valence-electron chi connectivity index (χ1n) is 4.96. The molecule has 2 rings (SSSR count). The first-order valence-corrected chi connectivity index (χ1v) is 6.57. The van der Waals surface area contributed by atoms with Crippen molar-refractivity contribution >= 4 is 33.2 Å². The molecule has 0 saturated heterocycles. The lowest BCUT2D eigenvalue weighted by molar-refractivity contribution is 0.0701. The molecule has 0 aliphatic heterocycles. The van der Waals surface area contributed by atoms with E-state index in [1.807, 2.05) is 25.1 Å². The van der Waals surface area contributed by atoms with E-state index in [0.717, 1.165) is 20.6 Å². The number of aromatic carboxylic acids is 1.